The standard InChI is InChI=1S/C19H24N4O/c1-13(2)10-22-11-16(9-18(22)24)19-20-12-21-23(19)17-7-14-5-3-4-6-15(14)8-17/h3-6,12-13,16-17H,7-11H2,1-2H3. The molecule has 1 amide bonds. The molecule has 4 rings (SSSR count). The third-order valence-corrected chi connectivity index (χ3v) is 5.14. The van der Waals surface area contributed by atoms with Crippen molar-refractivity contribution in [1.82, 2.24) is 19.7 Å². The van der Waals surface area contributed by atoms with Crippen LogP contribution in [0.15, 0.2) is 30.6 Å². The van der Waals surface area contributed by atoms with Crippen LogP contribution in [0.25, 0.3) is 0 Å². The molecule has 24 heavy (non-hydrogen) atoms. The van der Waals surface area contributed by atoms with Crippen molar-refractivity contribution in [3.05, 3.63) is 47.5 Å². The van der Waals surface area contributed by atoms with Gasteiger partial charge in [0.2, 0.25) is 5.91 Å². The summed E-state index contributed by atoms with van der Waals surface area (Å²) in [4.78, 5) is 18.8. The molecule has 1 aliphatic carbocycles. The van der Waals surface area contributed by atoms with Gasteiger partial charge in [-0.15, -0.1) is 0 Å². The molecule has 0 radical (unpaired) electrons. The summed E-state index contributed by atoms with van der Waals surface area (Å²) in [5, 5.41) is 4.51. The maximum Gasteiger partial charge on any atom is 0.223 e. The summed E-state index contributed by atoms with van der Waals surface area (Å²) < 4.78 is 2.08. The van der Waals surface area contributed by atoms with E-state index in [1.54, 1.807) is 6.33 Å². The van der Waals surface area contributed by atoms with E-state index in [1.807, 2.05) is 4.90 Å². The van der Waals surface area contributed by atoms with Gasteiger partial charge in [-0.2, -0.15) is 5.10 Å². The Morgan fingerprint density at radius 2 is 1.88 bits per heavy atom. The molecule has 0 spiro atoms. The number of amides is 1. The van der Waals surface area contributed by atoms with Gasteiger partial charge >= 0.3 is 0 Å². The van der Waals surface area contributed by atoms with Crippen molar-refractivity contribution >= 4 is 5.91 Å². The quantitative estimate of drug-likeness (QED) is 0.868. The topological polar surface area (TPSA) is 51.0 Å². The van der Waals surface area contributed by atoms with E-state index in [0.717, 1.165) is 31.8 Å². The largest absolute Gasteiger partial charge is 0.342 e. The molecule has 0 saturated carbocycles. The number of fused-ring (bicyclic) bond motifs is 1. The lowest BCUT2D eigenvalue weighted by Crippen LogP contribution is -2.29. The zero-order valence-corrected chi connectivity index (χ0v) is 14.4. The van der Waals surface area contributed by atoms with E-state index in [2.05, 4.69) is 52.9 Å². The minimum atomic E-state index is 0.169. The van der Waals surface area contributed by atoms with Crippen LogP contribution in [0, 0.1) is 5.92 Å². The molecule has 1 aromatic carbocycles. The number of rotatable bonds is 4. The van der Waals surface area contributed by atoms with Gasteiger partial charge in [-0.05, 0) is 29.9 Å². The number of likely N-dealkylation sites (tertiary alicyclic amines) is 1. The summed E-state index contributed by atoms with van der Waals surface area (Å²) in [5.74, 6) is 1.89. The van der Waals surface area contributed by atoms with Gasteiger partial charge in [-0.1, -0.05) is 38.1 Å². The lowest BCUT2D eigenvalue weighted by atomic mass is 10.1. The summed E-state index contributed by atoms with van der Waals surface area (Å²) in [5.41, 5.74) is 2.82. The summed E-state index contributed by atoms with van der Waals surface area (Å²) in [6, 6.07) is 8.94. The van der Waals surface area contributed by atoms with Crippen molar-refractivity contribution in [3.8, 4) is 0 Å². The summed E-state index contributed by atoms with van der Waals surface area (Å²) in [6.45, 7) is 5.91. The SMILES string of the molecule is CC(C)CN1CC(c2ncnn2C2Cc3ccccc3C2)CC1=O. The molecule has 1 saturated heterocycles. The van der Waals surface area contributed by atoms with Gasteiger partial charge < -0.3 is 4.90 Å². The van der Waals surface area contributed by atoms with Crippen LogP contribution >= 0.6 is 0 Å². The minimum Gasteiger partial charge on any atom is -0.342 e. The Balaban J connectivity index is 1.53. The molecule has 126 valence electrons. The number of hydrogen-bond donors (Lipinski definition) is 0. The average Bonchev–Trinajstić information content (AvgIpc) is 3.24. The highest BCUT2D eigenvalue weighted by molar-refractivity contribution is 5.79. The number of nitrogens with zero attached hydrogens (tertiary/aromatic N) is 4. The Kier molecular flexibility index (Phi) is 3.87. The molecule has 1 aliphatic heterocycles. The lowest BCUT2D eigenvalue weighted by Gasteiger charge is -2.19. The van der Waals surface area contributed by atoms with Crippen LogP contribution in [0.1, 0.15) is 49.2 Å². The number of carbonyl (C=O) groups is 1. The molecular weight excluding hydrogens is 300 g/mol. The second-order valence-electron chi connectivity index (χ2n) is 7.49. The minimum absolute atomic E-state index is 0.169. The molecule has 2 heterocycles. The molecule has 0 N–H and O–H groups in total. The van der Waals surface area contributed by atoms with Crippen molar-refractivity contribution in [2.45, 2.75) is 45.1 Å². The first-order valence-electron chi connectivity index (χ1n) is 8.85. The predicted octanol–water partition coefficient (Wildman–Crippen LogP) is 2.59. The summed E-state index contributed by atoms with van der Waals surface area (Å²) >= 11 is 0. The Morgan fingerprint density at radius 3 is 2.54 bits per heavy atom. The first-order chi connectivity index (χ1) is 11.6. The highest BCUT2D eigenvalue weighted by Crippen LogP contribution is 2.34. The number of carbonyl (C=O) groups excluding carboxylic acids is 1. The van der Waals surface area contributed by atoms with E-state index in [-0.39, 0.29) is 11.8 Å². The van der Waals surface area contributed by atoms with Gasteiger partial charge in [0.15, 0.2) is 0 Å². The van der Waals surface area contributed by atoms with Crippen LogP contribution in [-0.4, -0.2) is 38.7 Å². The number of benzene rings is 1. The van der Waals surface area contributed by atoms with E-state index >= 15 is 0 Å². The van der Waals surface area contributed by atoms with Gasteiger partial charge in [0, 0.05) is 25.4 Å². The van der Waals surface area contributed by atoms with Crippen LogP contribution in [0.4, 0.5) is 0 Å². The fraction of sp³-hybridized carbons (Fsp3) is 0.526. The normalized spacial score (nSPS) is 21.0. The van der Waals surface area contributed by atoms with Crippen LogP contribution in [0.2, 0.25) is 0 Å². The maximum atomic E-state index is 12.3. The van der Waals surface area contributed by atoms with E-state index in [0.29, 0.717) is 18.4 Å². The van der Waals surface area contributed by atoms with Gasteiger partial charge in [-0.3, -0.25) is 4.79 Å². The Morgan fingerprint density at radius 1 is 1.17 bits per heavy atom. The van der Waals surface area contributed by atoms with Crippen molar-refractivity contribution in [1.29, 1.82) is 0 Å². The molecule has 0 bridgehead atoms. The van der Waals surface area contributed by atoms with Gasteiger partial charge in [0.1, 0.15) is 12.2 Å². The van der Waals surface area contributed by atoms with E-state index in [4.69, 9.17) is 0 Å². The number of aromatic nitrogens is 3. The fourth-order valence-corrected chi connectivity index (χ4v) is 4.10. The molecule has 5 heteroatoms. The van der Waals surface area contributed by atoms with Gasteiger partial charge in [0.25, 0.3) is 0 Å². The van der Waals surface area contributed by atoms with Crippen LogP contribution < -0.4 is 0 Å². The first-order valence-corrected chi connectivity index (χ1v) is 8.85. The van der Waals surface area contributed by atoms with Crippen molar-refractivity contribution in [2.24, 2.45) is 5.92 Å². The molecule has 1 fully saturated rings. The number of hydrogen-bond acceptors (Lipinski definition) is 3. The second-order valence-corrected chi connectivity index (χ2v) is 7.49. The second kappa shape index (κ2) is 6.04. The Labute approximate surface area is 142 Å². The van der Waals surface area contributed by atoms with Crippen molar-refractivity contribution < 1.29 is 4.79 Å². The van der Waals surface area contributed by atoms with Crippen molar-refractivity contribution in [3.63, 3.8) is 0 Å². The van der Waals surface area contributed by atoms with Crippen LogP contribution in [0.3, 0.4) is 0 Å². The monoisotopic (exact) mass is 324 g/mol. The molecule has 1 atom stereocenters. The fourth-order valence-electron chi connectivity index (χ4n) is 4.10. The van der Waals surface area contributed by atoms with E-state index in [1.165, 1.54) is 11.1 Å². The average molecular weight is 324 g/mol. The molecule has 1 unspecified atom stereocenters. The predicted molar refractivity (Wildman–Crippen MR) is 91.7 cm³/mol. The molecule has 2 aromatic rings. The molecule has 5 nitrogen and oxygen atoms in total. The Hall–Kier alpha value is -2.17. The van der Waals surface area contributed by atoms with E-state index < -0.39 is 0 Å². The Bertz CT molecular complexity index is 726. The van der Waals surface area contributed by atoms with Gasteiger partial charge in [0.05, 0.1) is 6.04 Å². The highest BCUT2D eigenvalue weighted by Gasteiger charge is 2.35. The molecule has 2 aliphatic rings. The maximum absolute atomic E-state index is 12.3. The summed E-state index contributed by atoms with van der Waals surface area (Å²) in [6.07, 6.45) is 4.21. The molecular formula is C19H24N4O. The van der Waals surface area contributed by atoms with Gasteiger partial charge in [-0.25, -0.2) is 9.67 Å². The zero-order chi connectivity index (χ0) is 16.7. The zero-order valence-electron chi connectivity index (χ0n) is 14.4. The highest BCUT2D eigenvalue weighted by atomic mass is 16.2. The lowest BCUT2D eigenvalue weighted by molar-refractivity contribution is -0.128. The van der Waals surface area contributed by atoms with Crippen LogP contribution in [-0.2, 0) is 17.6 Å². The summed E-state index contributed by atoms with van der Waals surface area (Å²) in [7, 11) is 0. The third kappa shape index (κ3) is 2.72. The van der Waals surface area contributed by atoms with E-state index in [9.17, 15) is 4.79 Å². The van der Waals surface area contributed by atoms with Crippen LogP contribution in [0.5, 0.6) is 0 Å². The third-order valence-electron chi connectivity index (χ3n) is 5.14. The first kappa shape index (κ1) is 15.4. The molecule has 1 aromatic heterocycles. The van der Waals surface area contributed by atoms with Crippen molar-refractivity contribution in [2.75, 3.05) is 13.1 Å². The smallest absolute Gasteiger partial charge is 0.223 e.